The summed E-state index contributed by atoms with van der Waals surface area (Å²) in [6, 6.07) is 16.0. The number of pyridine rings is 1. The lowest BCUT2D eigenvalue weighted by molar-refractivity contribution is -0.119. The van der Waals surface area contributed by atoms with Gasteiger partial charge in [-0.3, -0.25) is 14.9 Å². The first-order valence-corrected chi connectivity index (χ1v) is 10.9. The average molecular weight is 422 g/mol. The second-order valence-corrected chi connectivity index (χ2v) is 8.37. The number of benzene rings is 2. The second-order valence-electron chi connectivity index (χ2n) is 8.37. The molecular weight excluding hydrogens is 400 g/mol. The van der Waals surface area contributed by atoms with E-state index in [1.54, 1.807) is 6.20 Å². The lowest BCUT2D eigenvalue weighted by atomic mass is 10.0. The van der Waals surface area contributed by atoms with Gasteiger partial charge in [0, 0.05) is 23.1 Å². The minimum absolute atomic E-state index is 0.0962. The van der Waals surface area contributed by atoms with Gasteiger partial charge in [-0.05, 0) is 48.7 Å². The molecule has 0 spiro atoms. The number of carbonyl (C=O) groups is 1. The van der Waals surface area contributed by atoms with E-state index in [2.05, 4.69) is 31.5 Å². The number of carbonyl (C=O) groups excluding carboxylic acids is 1. The molecule has 0 bridgehead atoms. The van der Waals surface area contributed by atoms with Gasteiger partial charge in [0.15, 0.2) is 5.82 Å². The molecule has 158 valence electrons. The molecule has 32 heavy (non-hydrogen) atoms. The molecule has 3 N–H and O–H groups in total. The molecule has 1 fully saturated rings. The van der Waals surface area contributed by atoms with Crippen LogP contribution in [0.3, 0.4) is 0 Å². The summed E-state index contributed by atoms with van der Waals surface area (Å²) in [5.74, 6) is 0.941. The van der Waals surface area contributed by atoms with E-state index in [0.717, 1.165) is 76.0 Å². The van der Waals surface area contributed by atoms with Gasteiger partial charge in [-0.2, -0.15) is 5.10 Å². The van der Waals surface area contributed by atoms with E-state index in [4.69, 9.17) is 4.98 Å². The summed E-state index contributed by atoms with van der Waals surface area (Å²) in [5, 5.41) is 11.6. The van der Waals surface area contributed by atoms with E-state index in [1.807, 2.05) is 48.7 Å². The Morgan fingerprint density at radius 2 is 1.84 bits per heavy atom. The van der Waals surface area contributed by atoms with E-state index < -0.39 is 0 Å². The number of aromatic amines is 2. The van der Waals surface area contributed by atoms with Crippen LogP contribution in [0.1, 0.15) is 25.7 Å². The Hall–Kier alpha value is -4.00. The molecule has 5 aromatic rings. The summed E-state index contributed by atoms with van der Waals surface area (Å²) in [7, 11) is 0. The molecule has 3 heterocycles. The van der Waals surface area contributed by atoms with Crippen LogP contribution >= 0.6 is 0 Å². The molecule has 0 unspecified atom stereocenters. The minimum Gasteiger partial charge on any atom is -0.337 e. The fourth-order valence-corrected chi connectivity index (χ4v) is 4.54. The molecular formula is C25H22N6O. The maximum Gasteiger partial charge on any atom is 0.227 e. The van der Waals surface area contributed by atoms with E-state index in [-0.39, 0.29) is 11.8 Å². The summed E-state index contributed by atoms with van der Waals surface area (Å²) < 4.78 is 0. The van der Waals surface area contributed by atoms with Crippen molar-refractivity contribution in [2.24, 2.45) is 5.92 Å². The van der Waals surface area contributed by atoms with Gasteiger partial charge in [0.2, 0.25) is 5.91 Å². The highest BCUT2D eigenvalue weighted by atomic mass is 16.1. The van der Waals surface area contributed by atoms with Crippen molar-refractivity contribution in [1.82, 2.24) is 25.1 Å². The van der Waals surface area contributed by atoms with Crippen molar-refractivity contribution in [3.8, 4) is 22.6 Å². The third-order valence-corrected chi connectivity index (χ3v) is 6.24. The third kappa shape index (κ3) is 3.32. The average Bonchev–Trinajstić information content (AvgIpc) is 3.58. The maximum absolute atomic E-state index is 12.5. The highest BCUT2D eigenvalue weighted by molar-refractivity contribution is 5.96. The summed E-state index contributed by atoms with van der Waals surface area (Å²) in [6.45, 7) is 0. The summed E-state index contributed by atoms with van der Waals surface area (Å²) in [5.41, 5.74) is 6.26. The van der Waals surface area contributed by atoms with Crippen LogP contribution in [0.2, 0.25) is 0 Å². The lowest BCUT2D eigenvalue weighted by Gasteiger charge is -2.11. The standard InChI is InChI=1S/C25H22N6O/c32-25(15-5-1-2-6-15)27-18-11-17(13-26-14-18)16-9-10-20-19(12-16)23(31-30-20)24-28-21-7-3-4-8-22(21)29-24/h3-4,7-15H,1-2,5-6H2,(H,27,32)(H,28,29)(H,30,31). The molecule has 7 heteroatoms. The number of nitrogens with one attached hydrogen (secondary N) is 3. The second kappa shape index (κ2) is 7.60. The van der Waals surface area contributed by atoms with Crippen molar-refractivity contribution in [1.29, 1.82) is 0 Å². The SMILES string of the molecule is O=C(Nc1cncc(-c2ccc3[nH]nc(-c4nc5ccccc5[nH]4)c3c2)c1)C1CCCC1. The lowest BCUT2D eigenvalue weighted by Crippen LogP contribution is -2.20. The third-order valence-electron chi connectivity index (χ3n) is 6.24. The number of aromatic nitrogens is 5. The van der Waals surface area contributed by atoms with E-state index >= 15 is 0 Å². The van der Waals surface area contributed by atoms with E-state index in [0.29, 0.717) is 0 Å². The van der Waals surface area contributed by atoms with Gasteiger partial charge < -0.3 is 10.3 Å². The van der Waals surface area contributed by atoms with Crippen LogP contribution in [0.4, 0.5) is 5.69 Å². The molecule has 7 nitrogen and oxygen atoms in total. The quantitative estimate of drug-likeness (QED) is 0.366. The molecule has 1 aliphatic rings. The normalized spacial score (nSPS) is 14.4. The van der Waals surface area contributed by atoms with Gasteiger partial charge >= 0.3 is 0 Å². The number of anilines is 1. The highest BCUT2D eigenvalue weighted by Gasteiger charge is 2.22. The first kappa shape index (κ1) is 18.7. The molecule has 0 saturated heterocycles. The van der Waals surface area contributed by atoms with Crippen molar-refractivity contribution in [2.75, 3.05) is 5.32 Å². The fraction of sp³-hybridized carbons (Fsp3) is 0.200. The Morgan fingerprint density at radius 3 is 2.72 bits per heavy atom. The molecule has 0 radical (unpaired) electrons. The molecule has 1 aliphatic carbocycles. The highest BCUT2D eigenvalue weighted by Crippen LogP contribution is 2.31. The number of nitrogens with zero attached hydrogens (tertiary/aromatic N) is 3. The molecule has 3 aromatic heterocycles. The largest absolute Gasteiger partial charge is 0.337 e. The Morgan fingerprint density at radius 1 is 0.969 bits per heavy atom. The maximum atomic E-state index is 12.5. The fourth-order valence-electron chi connectivity index (χ4n) is 4.54. The van der Waals surface area contributed by atoms with Crippen LogP contribution in [-0.2, 0) is 4.79 Å². The number of hydrogen-bond donors (Lipinski definition) is 3. The van der Waals surface area contributed by atoms with Gasteiger partial charge in [0.25, 0.3) is 0 Å². The zero-order valence-corrected chi connectivity index (χ0v) is 17.4. The molecule has 6 rings (SSSR count). The number of rotatable bonds is 4. The van der Waals surface area contributed by atoms with Crippen molar-refractivity contribution >= 4 is 33.5 Å². The van der Waals surface area contributed by atoms with Crippen LogP contribution in [0.5, 0.6) is 0 Å². The van der Waals surface area contributed by atoms with Crippen LogP contribution in [0.25, 0.3) is 44.6 Å². The van der Waals surface area contributed by atoms with Gasteiger partial charge in [-0.15, -0.1) is 0 Å². The topological polar surface area (TPSA) is 99.3 Å². The minimum atomic E-state index is 0.0962. The Kier molecular flexibility index (Phi) is 4.45. The Labute approximate surface area is 184 Å². The summed E-state index contributed by atoms with van der Waals surface area (Å²) >= 11 is 0. The van der Waals surface area contributed by atoms with Crippen molar-refractivity contribution in [3.63, 3.8) is 0 Å². The van der Waals surface area contributed by atoms with Crippen LogP contribution in [0, 0.1) is 5.92 Å². The number of hydrogen-bond acceptors (Lipinski definition) is 4. The zero-order valence-electron chi connectivity index (χ0n) is 17.4. The number of H-pyrrole nitrogens is 2. The summed E-state index contributed by atoms with van der Waals surface area (Å²) in [4.78, 5) is 24.9. The van der Waals surface area contributed by atoms with Crippen LogP contribution in [-0.4, -0.2) is 31.1 Å². The van der Waals surface area contributed by atoms with Crippen molar-refractivity contribution in [2.45, 2.75) is 25.7 Å². The Balaban J connectivity index is 1.35. The van der Waals surface area contributed by atoms with Gasteiger partial charge in [-0.1, -0.05) is 31.0 Å². The number of para-hydroxylation sites is 2. The van der Waals surface area contributed by atoms with Crippen LogP contribution < -0.4 is 5.32 Å². The van der Waals surface area contributed by atoms with Gasteiger partial charge in [-0.25, -0.2) is 4.98 Å². The number of amides is 1. The molecule has 1 amide bonds. The smallest absolute Gasteiger partial charge is 0.227 e. The molecule has 0 atom stereocenters. The molecule has 1 saturated carbocycles. The zero-order chi connectivity index (χ0) is 21.5. The molecule has 2 aromatic carbocycles. The Bertz CT molecular complexity index is 1410. The van der Waals surface area contributed by atoms with Crippen molar-refractivity contribution < 1.29 is 4.79 Å². The van der Waals surface area contributed by atoms with Crippen LogP contribution in [0.15, 0.2) is 60.9 Å². The van der Waals surface area contributed by atoms with E-state index in [1.165, 1.54) is 0 Å². The summed E-state index contributed by atoms with van der Waals surface area (Å²) in [6.07, 6.45) is 7.73. The predicted molar refractivity (Wildman–Crippen MR) is 125 cm³/mol. The van der Waals surface area contributed by atoms with Gasteiger partial charge in [0.1, 0.15) is 5.69 Å². The van der Waals surface area contributed by atoms with E-state index in [9.17, 15) is 4.79 Å². The van der Waals surface area contributed by atoms with Gasteiger partial charge in [0.05, 0.1) is 28.4 Å². The number of fused-ring (bicyclic) bond motifs is 2. The first-order valence-electron chi connectivity index (χ1n) is 10.9. The monoisotopic (exact) mass is 422 g/mol. The molecule has 0 aliphatic heterocycles. The number of imidazole rings is 1. The van der Waals surface area contributed by atoms with Crippen molar-refractivity contribution in [3.05, 3.63) is 60.9 Å². The first-order chi connectivity index (χ1) is 15.7. The predicted octanol–water partition coefficient (Wildman–Crippen LogP) is 5.30.